The van der Waals surface area contributed by atoms with Crippen molar-refractivity contribution in [2.24, 2.45) is 0 Å². The van der Waals surface area contributed by atoms with Gasteiger partial charge in [-0.1, -0.05) is 153 Å². The van der Waals surface area contributed by atoms with Crippen molar-refractivity contribution in [1.29, 1.82) is 0 Å². The number of methoxy groups -OCH3 is 1. The van der Waals surface area contributed by atoms with Crippen LogP contribution in [-0.2, 0) is 76.5 Å². The van der Waals surface area contributed by atoms with Gasteiger partial charge in [0.25, 0.3) is 0 Å². The summed E-state index contributed by atoms with van der Waals surface area (Å²) < 4.78 is 43.1. The Morgan fingerprint density at radius 2 is 0.840 bits per heavy atom. The number of halogens is 9. The molecule has 10 N–H and O–H groups in total. The second-order valence-corrected chi connectivity index (χ2v) is 38.4. The molecule has 0 aliphatic carbocycles. The molecule has 13 rings (SSSR count). The van der Waals surface area contributed by atoms with E-state index in [2.05, 4.69) is 115 Å². The summed E-state index contributed by atoms with van der Waals surface area (Å²) in [5, 5.41) is 30.9. The molecule has 5 aliphatic heterocycles. The number of cyclic esters (lactones) is 5. The number of esters is 6. The number of carboxylic acids is 1. The van der Waals surface area contributed by atoms with Crippen molar-refractivity contribution in [2.45, 2.75) is 228 Å². The van der Waals surface area contributed by atoms with Crippen molar-refractivity contribution in [1.82, 2.24) is 39.9 Å². The first-order valence-electron chi connectivity index (χ1n) is 38.2. The Kier molecular flexibility index (Phi) is 55.7. The van der Waals surface area contributed by atoms with Crippen LogP contribution in [0, 0.1) is 7.43 Å². The minimum Gasteiger partial charge on any atom is -1.00 e. The van der Waals surface area contributed by atoms with Crippen molar-refractivity contribution in [3.8, 4) is 0 Å². The summed E-state index contributed by atoms with van der Waals surface area (Å²) in [6.45, 7) is 40.6. The summed E-state index contributed by atoms with van der Waals surface area (Å²) in [5.41, 5.74) is 21.7. The molecule has 1 radical (unpaired) electrons. The number of pyridine rings is 8. The molecule has 4 atom stereocenters. The largest absolute Gasteiger partial charge is 2.00 e. The van der Waals surface area contributed by atoms with Gasteiger partial charge in [0.15, 0.2) is 5.14 Å². The molecule has 29 nitrogen and oxygen atoms in total. The number of fused-ring (bicyclic) bond motifs is 5. The molecule has 5 aliphatic rings. The van der Waals surface area contributed by atoms with Crippen LogP contribution < -0.4 is 53.0 Å². The Morgan fingerprint density at radius 3 is 1.14 bits per heavy atom. The fourth-order valence-corrected chi connectivity index (χ4v) is 14.1. The number of aromatic nitrogens is 8. The summed E-state index contributed by atoms with van der Waals surface area (Å²) in [5.74, 6) is -2.10. The monoisotopic (exact) mass is 2270 g/mol. The smallest absolute Gasteiger partial charge is 1.00 e. The summed E-state index contributed by atoms with van der Waals surface area (Å²) in [6, 6.07) is 26.2. The van der Waals surface area contributed by atoms with Crippen LogP contribution in [0.1, 0.15) is 272 Å². The molecule has 711 valence electrons. The van der Waals surface area contributed by atoms with Gasteiger partial charge < -0.3 is 95.6 Å². The van der Waals surface area contributed by atoms with Gasteiger partial charge in [0.2, 0.25) is 0 Å². The molecule has 13 heterocycles. The van der Waals surface area contributed by atoms with Crippen LogP contribution in [0.5, 0.6) is 0 Å². The number of ether oxygens (including phenoxy) is 6. The average Bonchev–Trinajstić information content (AvgIpc) is 0.798. The minimum absolute atomic E-state index is 0. The Labute approximate surface area is 866 Å². The maximum Gasteiger partial charge on any atom is 2.00 e. The predicted molar refractivity (Wildman–Crippen MR) is 526 cm³/mol. The molecule has 0 amide bonds. The van der Waals surface area contributed by atoms with Crippen LogP contribution in [0.3, 0.4) is 0 Å². The maximum atomic E-state index is 11.6. The van der Waals surface area contributed by atoms with Gasteiger partial charge in [-0.3, -0.25) is 0 Å². The Morgan fingerprint density at radius 1 is 0.565 bits per heavy atom. The number of aromatic carboxylic acids is 1. The van der Waals surface area contributed by atoms with Gasteiger partial charge in [0, 0.05) is 69.7 Å². The first kappa shape index (κ1) is 131. The van der Waals surface area contributed by atoms with E-state index in [4.69, 9.17) is 85.9 Å². The molecule has 42 heteroatoms. The fraction of sp³-hybridized carbons (Fsp3) is 0.449. The molecule has 0 fully saturated rings. The number of carboxylic acid groups (broad SMARTS) is 1. The molecule has 131 heavy (non-hydrogen) atoms. The van der Waals surface area contributed by atoms with Gasteiger partial charge >= 0.3 is 83.7 Å². The maximum absolute atomic E-state index is 11.6. The number of nitrogen functional groups attached to an aromatic ring is 3. The first-order chi connectivity index (χ1) is 57.3. The second-order valence-electron chi connectivity index (χ2n) is 33.2. The third-order valence-electron chi connectivity index (χ3n) is 20.4. The molecule has 0 aromatic carbocycles. The number of nitrogens with two attached hydrogens (primary N) is 3. The van der Waals surface area contributed by atoms with E-state index in [1.807, 2.05) is 142 Å². The Bertz CT molecular complexity index is 5030. The Balaban J connectivity index is -0.000000693. The number of nitrogens with zero attached hydrogens (tertiary/aromatic N) is 8. The van der Waals surface area contributed by atoms with E-state index in [-0.39, 0.29) is 188 Å². The van der Waals surface area contributed by atoms with Gasteiger partial charge in [0.05, 0.1) is 98.6 Å². The summed E-state index contributed by atoms with van der Waals surface area (Å²) in [7, 11) is 1.29. The van der Waals surface area contributed by atoms with Crippen LogP contribution in [0.2, 0.25) is 22.3 Å². The zero-order chi connectivity index (χ0) is 94.7. The third kappa shape index (κ3) is 34.7. The van der Waals surface area contributed by atoms with Crippen LogP contribution >= 0.6 is 117 Å². The SMILES string of the molecule is C.C.CC(C)(C=O)c1nc(Cl)ccc1Br.CC(C)(CO)c1nc(Cl)ccc1Br.CC(O)C(C)(C)c1nc(Cl)ccc1Br.CC1(C)COC(=O)c2ccc(C(=O)O)nc21.CC1OC(=O)c2ccc(N)nc2C1(C)C.COC(=O)c1ccc2c(n1)C(C)(C)COC2=O.CSF.C[B]I.C[C@@H]1OC(=O)c2ccc(N)nc2C1(C)C.C[C@H]1OC(=O)c2ccc(N)nc2C1(C)C.[Br-].[CH3-].[Li+].[Mg+2].[OH-]. The number of carbonyl (C=O) groups excluding carboxylic acids is 7. The van der Waals surface area contributed by atoms with Crippen molar-refractivity contribution in [3.05, 3.63) is 218 Å². The minimum atomic E-state index is -1.10. The number of anilines is 3. The molecular formula is C89H117BBr4Cl3FILiMgN11O18S. The van der Waals surface area contributed by atoms with E-state index in [1.165, 1.54) is 31.6 Å². The zero-order valence-electron chi connectivity index (χ0n) is 76.7. The number of hydrogen-bond donors (Lipinski definition) is 6. The topological polar surface area (TPSA) is 464 Å². The van der Waals surface area contributed by atoms with Gasteiger partial charge in [-0.2, -0.15) is 26.3 Å². The second kappa shape index (κ2) is 55.8. The third-order valence-corrected chi connectivity index (χ3v) is 23.0. The summed E-state index contributed by atoms with van der Waals surface area (Å²) in [6.07, 6.45) is 1.19. The standard InChI is InChI=1S/C12H13NO4.3C11H14N2O2.C11H11NO4.C10H13BrClNO.C9H11BrClNO.C9H9BrClNO.CH3BI.CH3FS.2CH4.CH3.BrH.Li.Mg.H2O/c1-12(2)6-17-10(14)7-4-5-8(11(15)16-3)13-9(7)12;3*1-6-11(2,3)9-7(10(14)15-6)4-5-8(12)13-9;1-11(2)5-16-10(15)6-3-4-7(9(13)14)12-8(6)11;1-6(14)10(2,3)9-7(11)4-5-8(12)13-9;2*1-9(2,5-13)8-6(10)3-4-7(11)12-8;1-2-3;1-3-2;;;;;;;/h4-5H,6H2,1-3H3;3*4-6H,1-3H3,(H2,12,13);3-4H,5H2,1-2H3,(H,13,14);4-6,14H,1-3H3;3-4,13H,5H2,1-2H3;3-5H,1-2H3;2*1H3;2*1H4;1H3;1H;;;1H2/q;;;;;;;;;;;;-1;;+1;+2;/p-2/t;2*6-;;;;;;;;;;;;;;/m.10............../s1. The molecule has 0 saturated heterocycles. The van der Waals surface area contributed by atoms with Crippen molar-refractivity contribution >= 4 is 211 Å². The molecule has 8 aromatic heterocycles. The van der Waals surface area contributed by atoms with Gasteiger partial charge in [-0.05, 0) is 186 Å². The van der Waals surface area contributed by atoms with E-state index in [0.29, 0.717) is 77.8 Å². The van der Waals surface area contributed by atoms with E-state index >= 15 is 0 Å². The van der Waals surface area contributed by atoms with E-state index in [9.17, 15) is 47.3 Å². The van der Waals surface area contributed by atoms with E-state index in [0.717, 1.165) is 48.2 Å². The first-order valence-corrected chi connectivity index (χ1v) is 44.0. The number of hydrogen-bond acceptors (Lipinski definition) is 29. The summed E-state index contributed by atoms with van der Waals surface area (Å²) in [4.78, 5) is 124. The predicted octanol–water partition coefficient (Wildman–Crippen LogP) is 13.4. The number of aliphatic hydroxyl groups excluding tert-OH is 2. The number of rotatable bonds is 8. The van der Waals surface area contributed by atoms with Gasteiger partial charge in [-0.25, -0.2) is 73.4 Å². The van der Waals surface area contributed by atoms with E-state index < -0.39 is 51.6 Å². The van der Waals surface area contributed by atoms with Crippen molar-refractivity contribution in [2.75, 3.05) is 50.4 Å². The van der Waals surface area contributed by atoms with Crippen LogP contribution in [-0.4, -0.2) is 195 Å². The number of aliphatic hydroxyl groups is 2. The molecule has 0 spiro atoms. The molecule has 2 unspecified atom stereocenters. The van der Waals surface area contributed by atoms with Crippen LogP contribution in [0.15, 0.2) is 110 Å². The average molecular weight is 2270 g/mol. The quantitative estimate of drug-likeness (QED) is 0.0156. The number of carbonyl (C=O) groups is 8. The summed E-state index contributed by atoms with van der Waals surface area (Å²) >= 11 is 29.8. The van der Waals surface area contributed by atoms with Crippen molar-refractivity contribution in [3.63, 3.8) is 0 Å². The molecule has 0 bridgehead atoms. The molecule has 8 aromatic rings. The van der Waals surface area contributed by atoms with Gasteiger partial charge in [0.1, 0.15) is 82.1 Å². The van der Waals surface area contributed by atoms with Gasteiger partial charge in [-0.15, -0.1) is 0 Å². The van der Waals surface area contributed by atoms with Crippen molar-refractivity contribution < 1.29 is 127 Å². The Hall–Kier alpha value is -6.33. The van der Waals surface area contributed by atoms with Crippen LogP contribution in [0.25, 0.3) is 0 Å². The van der Waals surface area contributed by atoms with E-state index in [1.54, 1.807) is 87.5 Å². The normalized spacial score (nSPS) is 16.3. The molecule has 0 saturated carbocycles. The fourth-order valence-electron chi connectivity index (χ4n) is 11.4. The zero-order valence-corrected chi connectivity index (χ0v) is 89.7. The molecular weight excluding hydrogens is 2160 g/mol. The number of aldehydes is 1. The van der Waals surface area contributed by atoms with Crippen LogP contribution in [0.4, 0.5) is 21.3 Å².